The molecule has 1 N–H and O–H groups in total. The fourth-order valence-electron chi connectivity index (χ4n) is 3.54. The summed E-state index contributed by atoms with van der Waals surface area (Å²) in [6.07, 6.45) is 0.680. The fourth-order valence-corrected chi connectivity index (χ4v) is 4.31. The lowest BCUT2D eigenvalue weighted by Gasteiger charge is -2.11. The molecule has 0 spiro atoms. The number of aromatic nitrogens is 3. The highest BCUT2D eigenvalue weighted by Crippen LogP contribution is 2.25. The molecule has 1 amide bonds. The molecule has 1 aromatic heterocycles. The Morgan fingerprint density at radius 2 is 1.74 bits per heavy atom. The van der Waals surface area contributed by atoms with Crippen molar-refractivity contribution in [3.8, 4) is 17.1 Å². The number of benzene rings is 3. The maximum Gasteiger partial charge on any atom is 0.230 e. The molecule has 8 heteroatoms. The minimum atomic E-state index is -0.308. The summed E-state index contributed by atoms with van der Waals surface area (Å²) < 4.78 is 20.7. The summed E-state index contributed by atoms with van der Waals surface area (Å²) >= 11 is 1.33. The highest BCUT2D eigenvalue weighted by molar-refractivity contribution is 7.99. The molecule has 0 unspecified atom stereocenters. The van der Waals surface area contributed by atoms with E-state index in [9.17, 15) is 9.18 Å². The zero-order valence-electron chi connectivity index (χ0n) is 18.8. The molecule has 0 bridgehead atoms. The van der Waals surface area contributed by atoms with E-state index < -0.39 is 0 Å². The van der Waals surface area contributed by atoms with Gasteiger partial charge in [-0.05, 0) is 47.9 Å². The Morgan fingerprint density at radius 3 is 2.50 bits per heavy atom. The summed E-state index contributed by atoms with van der Waals surface area (Å²) in [6.45, 7) is 1.05. The molecule has 0 saturated carbocycles. The van der Waals surface area contributed by atoms with Crippen molar-refractivity contribution >= 4 is 17.7 Å². The number of ether oxygens (including phenoxy) is 1. The first kappa shape index (κ1) is 23.5. The molecule has 4 aromatic rings. The van der Waals surface area contributed by atoms with Crippen LogP contribution in [0.25, 0.3) is 11.4 Å². The molecule has 3 aromatic carbocycles. The van der Waals surface area contributed by atoms with Crippen molar-refractivity contribution in [2.24, 2.45) is 0 Å². The molecule has 1 heterocycles. The molecule has 6 nitrogen and oxygen atoms in total. The first-order valence-electron chi connectivity index (χ1n) is 10.9. The van der Waals surface area contributed by atoms with Crippen molar-refractivity contribution in [1.29, 1.82) is 0 Å². The molecule has 174 valence electrons. The summed E-state index contributed by atoms with van der Waals surface area (Å²) in [5, 5.41) is 12.2. The van der Waals surface area contributed by atoms with E-state index in [1.54, 1.807) is 19.2 Å². The van der Waals surface area contributed by atoms with Crippen molar-refractivity contribution in [3.63, 3.8) is 0 Å². The van der Waals surface area contributed by atoms with Gasteiger partial charge < -0.3 is 10.1 Å². The summed E-state index contributed by atoms with van der Waals surface area (Å²) in [6, 6.07) is 23.9. The predicted molar refractivity (Wildman–Crippen MR) is 131 cm³/mol. The lowest BCUT2D eigenvalue weighted by atomic mass is 10.1. The van der Waals surface area contributed by atoms with Gasteiger partial charge in [-0.15, -0.1) is 10.2 Å². The van der Waals surface area contributed by atoms with Gasteiger partial charge in [-0.1, -0.05) is 60.3 Å². The number of methoxy groups -OCH3 is 1. The van der Waals surface area contributed by atoms with Crippen LogP contribution in [0.1, 0.15) is 11.1 Å². The van der Waals surface area contributed by atoms with Crippen LogP contribution < -0.4 is 10.1 Å². The molecule has 0 saturated heterocycles. The Labute approximate surface area is 202 Å². The largest absolute Gasteiger partial charge is 0.496 e. The van der Waals surface area contributed by atoms with Crippen LogP contribution in [0.5, 0.6) is 5.75 Å². The van der Waals surface area contributed by atoms with E-state index in [0.29, 0.717) is 30.5 Å². The van der Waals surface area contributed by atoms with E-state index in [4.69, 9.17) is 4.74 Å². The molecular formula is C26H25FN4O2S. The van der Waals surface area contributed by atoms with E-state index >= 15 is 0 Å². The van der Waals surface area contributed by atoms with Crippen LogP contribution in [0.3, 0.4) is 0 Å². The lowest BCUT2D eigenvalue weighted by Crippen LogP contribution is -2.27. The zero-order chi connectivity index (χ0) is 23.8. The standard InChI is InChI=1S/C26H25FN4O2S/c1-33-23-10-6-5-9-20(23)15-16-28-24(32)18-34-26-30-29-25(21-11-13-22(27)14-12-21)31(26)17-19-7-3-2-4-8-19/h2-14H,15-18H2,1H3,(H,28,32). The number of para-hydroxylation sites is 1. The summed E-state index contributed by atoms with van der Waals surface area (Å²) in [5.41, 5.74) is 2.89. The van der Waals surface area contributed by atoms with E-state index in [-0.39, 0.29) is 17.5 Å². The lowest BCUT2D eigenvalue weighted by molar-refractivity contribution is -0.118. The van der Waals surface area contributed by atoms with E-state index in [0.717, 1.165) is 22.4 Å². The van der Waals surface area contributed by atoms with Crippen LogP contribution in [0.2, 0.25) is 0 Å². The molecule has 4 rings (SSSR count). The van der Waals surface area contributed by atoms with Crippen molar-refractivity contribution < 1.29 is 13.9 Å². The molecule has 0 atom stereocenters. The fraction of sp³-hybridized carbons (Fsp3) is 0.192. The molecule has 0 aliphatic heterocycles. The first-order valence-corrected chi connectivity index (χ1v) is 11.9. The summed E-state index contributed by atoms with van der Waals surface area (Å²) in [5.74, 6) is 1.26. The van der Waals surface area contributed by atoms with Gasteiger partial charge in [0.15, 0.2) is 11.0 Å². The first-order chi connectivity index (χ1) is 16.6. The number of hydrogen-bond acceptors (Lipinski definition) is 5. The monoisotopic (exact) mass is 476 g/mol. The van der Waals surface area contributed by atoms with Crippen molar-refractivity contribution in [3.05, 3.63) is 95.8 Å². The normalized spacial score (nSPS) is 10.8. The molecule has 0 fully saturated rings. The molecule has 34 heavy (non-hydrogen) atoms. The number of carbonyl (C=O) groups is 1. The second-order valence-electron chi connectivity index (χ2n) is 7.59. The second kappa shape index (κ2) is 11.5. The number of nitrogens with zero attached hydrogens (tertiary/aromatic N) is 3. The average Bonchev–Trinajstić information content (AvgIpc) is 3.26. The zero-order valence-corrected chi connectivity index (χ0v) is 19.6. The maximum atomic E-state index is 13.4. The van der Waals surface area contributed by atoms with Crippen LogP contribution in [0, 0.1) is 5.82 Å². The van der Waals surface area contributed by atoms with Gasteiger partial charge in [-0.3, -0.25) is 9.36 Å². The van der Waals surface area contributed by atoms with E-state index in [1.165, 1.54) is 23.9 Å². The van der Waals surface area contributed by atoms with Gasteiger partial charge >= 0.3 is 0 Å². The van der Waals surface area contributed by atoms with Crippen LogP contribution in [0.4, 0.5) is 4.39 Å². The topological polar surface area (TPSA) is 69.0 Å². The average molecular weight is 477 g/mol. The highest BCUT2D eigenvalue weighted by Gasteiger charge is 2.16. The Morgan fingerprint density at radius 1 is 1.00 bits per heavy atom. The van der Waals surface area contributed by atoms with Crippen molar-refractivity contribution in [2.75, 3.05) is 19.4 Å². The number of hydrogen-bond donors (Lipinski definition) is 1. The van der Waals surface area contributed by atoms with Gasteiger partial charge in [0.1, 0.15) is 11.6 Å². The second-order valence-corrected chi connectivity index (χ2v) is 8.53. The Hall–Kier alpha value is -3.65. The summed E-state index contributed by atoms with van der Waals surface area (Å²) in [4.78, 5) is 12.5. The van der Waals surface area contributed by atoms with Crippen LogP contribution in [-0.4, -0.2) is 40.1 Å². The third-order valence-corrected chi connectivity index (χ3v) is 6.21. The minimum absolute atomic E-state index is 0.0857. The molecule has 0 radical (unpaired) electrons. The molecule has 0 aliphatic carbocycles. The SMILES string of the molecule is COc1ccccc1CCNC(=O)CSc1nnc(-c2ccc(F)cc2)n1Cc1ccccc1. The van der Waals surface area contributed by atoms with Crippen LogP contribution in [-0.2, 0) is 17.8 Å². The number of thioether (sulfide) groups is 1. The van der Waals surface area contributed by atoms with Gasteiger partial charge in [0.25, 0.3) is 0 Å². The Kier molecular flexibility index (Phi) is 7.93. The van der Waals surface area contributed by atoms with E-state index in [2.05, 4.69) is 15.5 Å². The third-order valence-electron chi connectivity index (χ3n) is 5.24. The molecular weight excluding hydrogens is 451 g/mol. The number of nitrogens with one attached hydrogen (secondary N) is 1. The smallest absolute Gasteiger partial charge is 0.230 e. The highest BCUT2D eigenvalue weighted by atomic mass is 32.2. The van der Waals surface area contributed by atoms with E-state index in [1.807, 2.05) is 59.2 Å². The van der Waals surface area contributed by atoms with Crippen molar-refractivity contribution in [2.45, 2.75) is 18.1 Å². The predicted octanol–water partition coefficient (Wildman–Crippen LogP) is 4.59. The minimum Gasteiger partial charge on any atom is -0.496 e. The number of rotatable bonds is 10. The van der Waals surface area contributed by atoms with Crippen LogP contribution >= 0.6 is 11.8 Å². The van der Waals surface area contributed by atoms with Gasteiger partial charge in [0.05, 0.1) is 19.4 Å². The summed E-state index contributed by atoms with van der Waals surface area (Å²) in [7, 11) is 1.64. The Balaban J connectivity index is 1.42. The van der Waals surface area contributed by atoms with Crippen LogP contribution in [0.15, 0.2) is 84.0 Å². The molecule has 0 aliphatic rings. The van der Waals surface area contributed by atoms with Gasteiger partial charge in [-0.2, -0.15) is 0 Å². The third kappa shape index (κ3) is 6.02. The quantitative estimate of drug-likeness (QED) is 0.339. The van der Waals surface area contributed by atoms with Gasteiger partial charge in [0, 0.05) is 12.1 Å². The van der Waals surface area contributed by atoms with Gasteiger partial charge in [0.2, 0.25) is 5.91 Å². The number of halogens is 1. The van der Waals surface area contributed by atoms with Gasteiger partial charge in [-0.25, -0.2) is 4.39 Å². The number of amides is 1. The Bertz CT molecular complexity index is 1230. The number of carbonyl (C=O) groups excluding carboxylic acids is 1. The van der Waals surface area contributed by atoms with Crippen molar-refractivity contribution in [1.82, 2.24) is 20.1 Å². The maximum absolute atomic E-state index is 13.4.